The summed E-state index contributed by atoms with van der Waals surface area (Å²) < 4.78 is 16.7. The van der Waals surface area contributed by atoms with Gasteiger partial charge < -0.3 is 13.3 Å². The van der Waals surface area contributed by atoms with Crippen molar-refractivity contribution in [1.29, 1.82) is 0 Å². The van der Waals surface area contributed by atoms with Crippen molar-refractivity contribution >= 4 is 8.80 Å². The third-order valence-electron chi connectivity index (χ3n) is 2.75. The minimum Gasteiger partial charge on any atom is -0.377 e. The fraction of sp³-hybridized carbons (Fsp3) is 1.00. The summed E-state index contributed by atoms with van der Waals surface area (Å²) in [5, 5.41) is 0. The highest BCUT2D eigenvalue weighted by Crippen LogP contribution is 2.16. The fourth-order valence-corrected chi connectivity index (χ4v) is 3.74. The molecule has 3 nitrogen and oxygen atoms in total. The lowest BCUT2D eigenvalue weighted by atomic mass is 10.2. The topological polar surface area (TPSA) is 27.7 Å². The van der Waals surface area contributed by atoms with Crippen molar-refractivity contribution in [3.8, 4) is 0 Å². The second-order valence-electron chi connectivity index (χ2n) is 4.10. The van der Waals surface area contributed by atoms with Gasteiger partial charge in [0.1, 0.15) is 0 Å². The van der Waals surface area contributed by atoms with Crippen LogP contribution in [-0.4, -0.2) is 29.6 Å². The van der Waals surface area contributed by atoms with E-state index in [4.69, 9.17) is 13.3 Å². The normalized spacial score (nSPS) is 12.0. The molecule has 0 aliphatic heterocycles. The Morgan fingerprint density at radius 1 is 0.812 bits per heavy atom. The van der Waals surface area contributed by atoms with Gasteiger partial charge in [-0.2, -0.15) is 0 Å². The van der Waals surface area contributed by atoms with E-state index in [2.05, 4.69) is 13.8 Å². The smallest absolute Gasteiger partial charge is 0.377 e. The first-order chi connectivity index (χ1) is 7.74. The Morgan fingerprint density at radius 2 is 1.44 bits per heavy atom. The van der Waals surface area contributed by atoms with Gasteiger partial charge in [0.05, 0.1) is 0 Å². The molecule has 98 valence electrons. The predicted octanol–water partition coefficient (Wildman–Crippen LogP) is 3.62. The lowest BCUT2D eigenvalue weighted by molar-refractivity contribution is 0.0961. The molecule has 0 atom stereocenters. The van der Waals surface area contributed by atoms with Crippen LogP contribution in [0.5, 0.6) is 0 Å². The van der Waals surface area contributed by atoms with Crippen molar-refractivity contribution in [2.24, 2.45) is 0 Å². The molecule has 0 aliphatic carbocycles. The van der Waals surface area contributed by atoms with Crippen LogP contribution in [-0.2, 0) is 13.3 Å². The van der Waals surface area contributed by atoms with Crippen LogP contribution in [0.4, 0.5) is 0 Å². The highest BCUT2D eigenvalue weighted by molar-refractivity contribution is 6.60. The highest BCUT2D eigenvalue weighted by atomic mass is 28.4. The van der Waals surface area contributed by atoms with Gasteiger partial charge in [-0.3, -0.25) is 0 Å². The summed E-state index contributed by atoms with van der Waals surface area (Å²) in [5.41, 5.74) is 0. The Morgan fingerprint density at radius 3 is 1.94 bits per heavy atom. The van der Waals surface area contributed by atoms with Gasteiger partial charge >= 0.3 is 8.80 Å². The second-order valence-corrected chi connectivity index (χ2v) is 7.08. The predicted molar refractivity (Wildman–Crippen MR) is 69.6 cm³/mol. The van der Waals surface area contributed by atoms with Crippen molar-refractivity contribution < 1.29 is 13.3 Å². The van der Waals surface area contributed by atoms with Crippen molar-refractivity contribution in [3.63, 3.8) is 0 Å². The molecule has 0 bridgehead atoms. The summed E-state index contributed by atoms with van der Waals surface area (Å²) in [7, 11) is 1.08. The van der Waals surface area contributed by atoms with E-state index in [9.17, 15) is 0 Å². The zero-order valence-electron chi connectivity index (χ0n) is 11.4. The van der Waals surface area contributed by atoms with E-state index in [-0.39, 0.29) is 0 Å². The van der Waals surface area contributed by atoms with Crippen LogP contribution in [0, 0.1) is 0 Å². The highest BCUT2D eigenvalue weighted by Gasteiger charge is 2.37. The van der Waals surface area contributed by atoms with Gasteiger partial charge in [0.15, 0.2) is 0 Å². The van der Waals surface area contributed by atoms with Crippen LogP contribution >= 0.6 is 0 Å². The third-order valence-corrected chi connectivity index (χ3v) is 5.75. The summed E-state index contributed by atoms with van der Waals surface area (Å²) >= 11 is 0. The van der Waals surface area contributed by atoms with Gasteiger partial charge in [0, 0.05) is 26.9 Å². The first-order valence-electron chi connectivity index (χ1n) is 6.49. The van der Waals surface area contributed by atoms with Crippen LogP contribution in [0.1, 0.15) is 52.4 Å². The molecule has 0 amide bonds. The molecular weight excluding hydrogens is 220 g/mol. The molecule has 0 heterocycles. The van der Waals surface area contributed by atoms with Crippen molar-refractivity contribution in [1.82, 2.24) is 0 Å². The van der Waals surface area contributed by atoms with Crippen molar-refractivity contribution in [3.05, 3.63) is 0 Å². The lowest BCUT2D eigenvalue weighted by Gasteiger charge is -2.25. The first kappa shape index (κ1) is 16.1. The van der Waals surface area contributed by atoms with Crippen LogP contribution in [0.2, 0.25) is 6.04 Å². The molecule has 0 aliphatic rings. The largest absolute Gasteiger partial charge is 0.500 e. The van der Waals surface area contributed by atoms with Crippen LogP contribution in [0.25, 0.3) is 0 Å². The standard InChI is InChI=1S/C12H28O3Si/c1-5-7-8-9-10-11-15-16(13-3,14-4)12-6-2/h5-12H2,1-4H3. The van der Waals surface area contributed by atoms with E-state index in [1.165, 1.54) is 25.7 Å². The molecule has 4 heteroatoms. The quantitative estimate of drug-likeness (QED) is 0.413. The molecule has 16 heavy (non-hydrogen) atoms. The molecule has 0 aromatic carbocycles. The van der Waals surface area contributed by atoms with Crippen LogP contribution < -0.4 is 0 Å². The SMILES string of the molecule is CCCCCCCO[Si](CCC)(OC)OC. The Kier molecular flexibility index (Phi) is 10.3. The summed E-state index contributed by atoms with van der Waals surface area (Å²) in [6.45, 7) is 5.13. The minimum absolute atomic E-state index is 0.775. The Bertz CT molecular complexity index is 149. The molecule has 0 saturated heterocycles. The van der Waals surface area contributed by atoms with Gasteiger partial charge in [-0.05, 0) is 6.42 Å². The molecule has 0 fully saturated rings. The van der Waals surface area contributed by atoms with Crippen LogP contribution in [0.3, 0.4) is 0 Å². The zero-order chi connectivity index (χ0) is 12.3. The molecule has 0 N–H and O–H groups in total. The summed E-state index contributed by atoms with van der Waals surface area (Å²) in [4.78, 5) is 0. The van der Waals surface area contributed by atoms with E-state index in [0.29, 0.717) is 0 Å². The number of unbranched alkanes of at least 4 members (excludes halogenated alkanes) is 4. The van der Waals surface area contributed by atoms with E-state index >= 15 is 0 Å². The maximum Gasteiger partial charge on any atom is 0.500 e. The van der Waals surface area contributed by atoms with Gasteiger partial charge in [0.25, 0.3) is 0 Å². The van der Waals surface area contributed by atoms with E-state index in [1.54, 1.807) is 14.2 Å². The van der Waals surface area contributed by atoms with Gasteiger partial charge in [-0.15, -0.1) is 0 Å². The monoisotopic (exact) mass is 248 g/mol. The van der Waals surface area contributed by atoms with Gasteiger partial charge in [-0.25, -0.2) is 0 Å². The van der Waals surface area contributed by atoms with Gasteiger partial charge in [-0.1, -0.05) is 46.0 Å². The zero-order valence-corrected chi connectivity index (χ0v) is 12.4. The molecule has 0 unspecified atom stereocenters. The second kappa shape index (κ2) is 10.3. The molecule has 0 radical (unpaired) electrons. The molecular formula is C12H28O3Si. The third kappa shape index (κ3) is 6.63. The maximum absolute atomic E-state index is 5.84. The molecule has 0 aromatic heterocycles. The average Bonchev–Trinajstić information content (AvgIpc) is 2.32. The first-order valence-corrected chi connectivity index (χ1v) is 8.42. The fourth-order valence-electron chi connectivity index (χ4n) is 1.72. The molecule has 0 rings (SSSR count). The summed E-state index contributed by atoms with van der Waals surface area (Å²) in [6.07, 6.45) is 7.33. The van der Waals surface area contributed by atoms with E-state index in [1.807, 2.05) is 0 Å². The van der Waals surface area contributed by atoms with Crippen molar-refractivity contribution in [2.75, 3.05) is 20.8 Å². The van der Waals surface area contributed by atoms with Crippen molar-refractivity contribution in [2.45, 2.75) is 58.4 Å². The molecule has 0 saturated carbocycles. The van der Waals surface area contributed by atoms with Gasteiger partial charge in [0.2, 0.25) is 0 Å². The molecule has 0 aromatic rings. The Labute approximate surface area is 102 Å². The summed E-state index contributed by atoms with van der Waals surface area (Å²) in [6, 6.07) is 0.912. The summed E-state index contributed by atoms with van der Waals surface area (Å²) in [5.74, 6) is 0. The number of hydrogen-bond acceptors (Lipinski definition) is 3. The van der Waals surface area contributed by atoms with E-state index < -0.39 is 8.80 Å². The van der Waals surface area contributed by atoms with Crippen LogP contribution in [0.15, 0.2) is 0 Å². The number of rotatable bonds is 11. The average molecular weight is 248 g/mol. The number of hydrogen-bond donors (Lipinski definition) is 0. The minimum atomic E-state index is -2.31. The lowest BCUT2D eigenvalue weighted by Crippen LogP contribution is -2.43. The molecule has 0 spiro atoms. The van der Waals surface area contributed by atoms with E-state index in [0.717, 1.165) is 25.5 Å². The maximum atomic E-state index is 5.84. The Hall–Kier alpha value is 0.0969. The Balaban J connectivity index is 3.67.